The number of rotatable bonds is 3. The number of hydrogen-bond acceptors (Lipinski definition) is 3. The van der Waals surface area contributed by atoms with Gasteiger partial charge in [-0.2, -0.15) is 0 Å². The molecule has 4 heteroatoms. The van der Waals surface area contributed by atoms with Crippen LogP contribution in [0.25, 0.3) is 5.69 Å². The van der Waals surface area contributed by atoms with Gasteiger partial charge in [0.05, 0.1) is 11.9 Å². The predicted octanol–water partition coefficient (Wildman–Crippen LogP) is 1.80. The van der Waals surface area contributed by atoms with Crippen molar-refractivity contribution in [3.63, 3.8) is 0 Å². The largest absolute Gasteiger partial charge is 0.381 e. The molecule has 0 fully saturated rings. The molecule has 15 heavy (non-hydrogen) atoms. The van der Waals surface area contributed by atoms with Crippen molar-refractivity contribution in [1.29, 1.82) is 0 Å². The first kappa shape index (κ1) is 9.71. The highest BCUT2D eigenvalue weighted by atomic mass is 15.4. The summed E-state index contributed by atoms with van der Waals surface area (Å²) in [6, 6.07) is 8.16. The Kier molecular flexibility index (Phi) is 2.67. The fourth-order valence-corrected chi connectivity index (χ4v) is 1.61. The quantitative estimate of drug-likeness (QED) is 0.825. The lowest BCUT2D eigenvalue weighted by Gasteiger charge is -2.06. The van der Waals surface area contributed by atoms with Gasteiger partial charge >= 0.3 is 0 Å². The number of benzene rings is 1. The summed E-state index contributed by atoms with van der Waals surface area (Å²) in [5, 5.41) is 7.76. The van der Waals surface area contributed by atoms with Crippen LogP contribution in [0.4, 0.5) is 5.82 Å². The molecular formula is C11H14N4. The van der Waals surface area contributed by atoms with Gasteiger partial charge in [-0.15, -0.1) is 5.10 Å². The van der Waals surface area contributed by atoms with Crippen molar-refractivity contribution in [3.05, 3.63) is 36.0 Å². The zero-order chi connectivity index (χ0) is 10.7. The summed E-state index contributed by atoms with van der Waals surface area (Å²) in [6.45, 7) is 2.16. The van der Waals surface area contributed by atoms with E-state index in [1.54, 1.807) is 10.9 Å². The van der Waals surface area contributed by atoms with Crippen molar-refractivity contribution in [2.24, 2.45) is 0 Å². The monoisotopic (exact) mass is 202 g/mol. The highest BCUT2D eigenvalue weighted by Crippen LogP contribution is 2.15. The van der Waals surface area contributed by atoms with E-state index in [9.17, 15) is 0 Å². The SMILES string of the molecule is CCCc1ccccc1-n1cc(N)nn1. The molecular weight excluding hydrogens is 188 g/mol. The second kappa shape index (κ2) is 4.13. The van der Waals surface area contributed by atoms with Gasteiger partial charge in [0.25, 0.3) is 0 Å². The topological polar surface area (TPSA) is 56.7 Å². The molecule has 1 heterocycles. The highest BCUT2D eigenvalue weighted by Gasteiger charge is 2.04. The van der Waals surface area contributed by atoms with Gasteiger partial charge in [0.2, 0.25) is 0 Å². The van der Waals surface area contributed by atoms with E-state index in [0.717, 1.165) is 18.5 Å². The van der Waals surface area contributed by atoms with Crippen LogP contribution in [0.15, 0.2) is 30.5 Å². The maximum atomic E-state index is 5.55. The highest BCUT2D eigenvalue weighted by molar-refractivity contribution is 5.41. The second-order valence-corrected chi connectivity index (χ2v) is 3.47. The van der Waals surface area contributed by atoms with Crippen molar-refractivity contribution in [2.45, 2.75) is 19.8 Å². The molecule has 78 valence electrons. The zero-order valence-electron chi connectivity index (χ0n) is 8.72. The first-order valence-corrected chi connectivity index (χ1v) is 5.07. The molecule has 2 aromatic rings. The summed E-state index contributed by atoms with van der Waals surface area (Å²) >= 11 is 0. The van der Waals surface area contributed by atoms with Crippen LogP contribution in [0.5, 0.6) is 0 Å². The summed E-state index contributed by atoms with van der Waals surface area (Å²) in [6.07, 6.45) is 3.88. The normalized spacial score (nSPS) is 10.5. The van der Waals surface area contributed by atoms with E-state index >= 15 is 0 Å². The molecule has 2 N–H and O–H groups in total. The van der Waals surface area contributed by atoms with E-state index in [-0.39, 0.29) is 0 Å². The van der Waals surface area contributed by atoms with Gasteiger partial charge in [-0.3, -0.25) is 0 Å². The number of hydrogen-bond donors (Lipinski definition) is 1. The Morgan fingerprint density at radius 3 is 2.80 bits per heavy atom. The van der Waals surface area contributed by atoms with Gasteiger partial charge in [-0.25, -0.2) is 4.68 Å². The van der Waals surface area contributed by atoms with Gasteiger partial charge in [0, 0.05) is 0 Å². The first-order valence-electron chi connectivity index (χ1n) is 5.07. The third kappa shape index (κ3) is 1.98. The van der Waals surface area contributed by atoms with Crippen LogP contribution in [0.1, 0.15) is 18.9 Å². The molecule has 1 aromatic carbocycles. The Balaban J connectivity index is 2.42. The lowest BCUT2D eigenvalue weighted by molar-refractivity contribution is 0.785. The van der Waals surface area contributed by atoms with Gasteiger partial charge in [-0.1, -0.05) is 36.8 Å². The Morgan fingerprint density at radius 1 is 1.33 bits per heavy atom. The van der Waals surface area contributed by atoms with E-state index < -0.39 is 0 Å². The number of anilines is 1. The molecule has 0 bridgehead atoms. The minimum Gasteiger partial charge on any atom is -0.381 e. The van der Waals surface area contributed by atoms with Gasteiger partial charge < -0.3 is 5.73 Å². The van der Waals surface area contributed by atoms with Gasteiger partial charge in [-0.05, 0) is 18.1 Å². The summed E-state index contributed by atoms with van der Waals surface area (Å²) in [7, 11) is 0. The van der Waals surface area contributed by atoms with E-state index in [0.29, 0.717) is 5.82 Å². The molecule has 0 saturated carbocycles. The fourth-order valence-electron chi connectivity index (χ4n) is 1.61. The van der Waals surface area contributed by atoms with Crippen LogP contribution in [0, 0.1) is 0 Å². The van der Waals surface area contributed by atoms with Crippen molar-refractivity contribution in [1.82, 2.24) is 15.0 Å². The Hall–Kier alpha value is -1.84. The van der Waals surface area contributed by atoms with E-state index in [2.05, 4.69) is 23.3 Å². The van der Waals surface area contributed by atoms with E-state index in [4.69, 9.17) is 5.73 Å². The minimum atomic E-state index is 0.446. The number of aryl methyl sites for hydroxylation is 1. The molecule has 0 radical (unpaired) electrons. The van der Waals surface area contributed by atoms with E-state index in [1.165, 1.54) is 5.56 Å². The molecule has 0 unspecified atom stereocenters. The van der Waals surface area contributed by atoms with E-state index in [1.807, 2.05) is 18.2 Å². The third-order valence-corrected chi connectivity index (χ3v) is 2.27. The average Bonchev–Trinajstić information content (AvgIpc) is 2.66. The predicted molar refractivity (Wildman–Crippen MR) is 59.8 cm³/mol. The number of nitrogens with two attached hydrogens (primary N) is 1. The molecule has 0 amide bonds. The van der Waals surface area contributed by atoms with Crippen LogP contribution in [0.3, 0.4) is 0 Å². The minimum absolute atomic E-state index is 0.446. The second-order valence-electron chi connectivity index (χ2n) is 3.47. The first-order chi connectivity index (χ1) is 7.31. The lowest BCUT2D eigenvalue weighted by Crippen LogP contribution is -2.00. The summed E-state index contributed by atoms with van der Waals surface area (Å²) in [5.41, 5.74) is 7.87. The Bertz CT molecular complexity index is 447. The van der Waals surface area contributed by atoms with Crippen molar-refractivity contribution < 1.29 is 0 Å². The third-order valence-electron chi connectivity index (χ3n) is 2.27. The van der Waals surface area contributed by atoms with Crippen molar-refractivity contribution in [2.75, 3.05) is 5.73 Å². The van der Waals surface area contributed by atoms with Crippen LogP contribution in [0.2, 0.25) is 0 Å². The van der Waals surface area contributed by atoms with Gasteiger partial charge in [0.15, 0.2) is 5.82 Å². The number of nitrogen functional groups attached to an aromatic ring is 1. The summed E-state index contributed by atoms with van der Waals surface area (Å²) in [4.78, 5) is 0. The maximum Gasteiger partial charge on any atom is 0.166 e. The molecule has 0 saturated heterocycles. The molecule has 0 spiro atoms. The maximum absolute atomic E-state index is 5.55. The molecule has 0 aliphatic carbocycles. The number of aromatic nitrogens is 3. The lowest BCUT2D eigenvalue weighted by atomic mass is 10.1. The zero-order valence-corrected chi connectivity index (χ0v) is 8.72. The Morgan fingerprint density at radius 2 is 2.13 bits per heavy atom. The summed E-state index contributed by atoms with van der Waals surface area (Å²) in [5.74, 6) is 0.446. The number of para-hydroxylation sites is 1. The van der Waals surface area contributed by atoms with Gasteiger partial charge in [0.1, 0.15) is 0 Å². The van der Waals surface area contributed by atoms with Crippen LogP contribution in [-0.4, -0.2) is 15.0 Å². The molecule has 0 aliphatic heterocycles. The molecule has 0 aliphatic rings. The van der Waals surface area contributed by atoms with Crippen LogP contribution < -0.4 is 5.73 Å². The fraction of sp³-hybridized carbons (Fsp3) is 0.273. The van der Waals surface area contributed by atoms with Crippen molar-refractivity contribution in [3.8, 4) is 5.69 Å². The molecule has 1 aromatic heterocycles. The van der Waals surface area contributed by atoms with Crippen LogP contribution >= 0.6 is 0 Å². The average molecular weight is 202 g/mol. The van der Waals surface area contributed by atoms with Crippen LogP contribution in [-0.2, 0) is 6.42 Å². The molecule has 2 rings (SSSR count). The standard InChI is InChI=1S/C11H14N4/c1-2-5-9-6-3-4-7-10(9)15-8-11(12)13-14-15/h3-4,6-8H,2,5,12H2,1H3. The Labute approximate surface area is 88.7 Å². The number of nitrogens with zero attached hydrogens (tertiary/aromatic N) is 3. The molecule has 4 nitrogen and oxygen atoms in total. The smallest absolute Gasteiger partial charge is 0.166 e. The van der Waals surface area contributed by atoms with Crippen molar-refractivity contribution >= 4 is 5.82 Å². The summed E-state index contributed by atoms with van der Waals surface area (Å²) < 4.78 is 1.72. The molecule has 0 atom stereocenters.